The second-order valence-electron chi connectivity index (χ2n) is 6.73. The van der Waals surface area contributed by atoms with E-state index in [1.807, 2.05) is 11.0 Å². The van der Waals surface area contributed by atoms with Gasteiger partial charge < -0.3 is 10.6 Å². The third-order valence-electron chi connectivity index (χ3n) is 5.03. The Bertz CT molecular complexity index is 490. The van der Waals surface area contributed by atoms with Gasteiger partial charge in [-0.15, -0.1) is 0 Å². The summed E-state index contributed by atoms with van der Waals surface area (Å²) in [5.74, 6) is 1.04. The molecular formula is C18H27N3O. The molecule has 0 aromatic heterocycles. The predicted molar refractivity (Wildman–Crippen MR) is 88.2 cm³/mol. The molecule has 1 aromatic carbocycles. The largest absolute Gasteiger partial charge is 0.342 e. The molecule has 22 heavy (non-hydrogen) atoms. The Balaban J connectivity index is 1.55. The zero-order valence-corrected chi connectivity index (χ0v) is 13.3. The number of nitrogens with zero attached hydrogens (tertiary/aromatic N) is 2. The fraction of sp³-hybridized carbons (Fsp3) is 0.611. The lowest BCUT2D eigenvalue weighted by molar-refractivity contribution is -0.136. The smallest absolute Gasteiger partial charge is 0.226 e. The lowest BCUT2D eigenvalue weighted by Crippen LogP contribution is -2.44. The van der Waals surface area contributed by atoms with E-state index in [1.165, 1.54) is 5.56 Å². The van der Waals surface area contributed by atoms with E-state index in [0.29, 0.717) is 18.4 Å². The van der Waals surface area contributed by atoms with Gasteiger partial charge in [0.15, 0.2) is 0 Å². The van der Waals surface area contributed by atoms with Gasteiger partial charge in [0.1, 0.15) is 0 Å². The van der Waals surface area contributed by atoms with Crippen molar-refractivity contribution in [1.29, 1.82) is 0 Å². The highest BCUT2D eigenvalue weighted by Crippen LogP contribution is 2.24. The molecule has 3 rings (SSSR count). The van der Waals surface area contributed by atoms with Crippen molar-refractivity contribution in [2.24, 2.45) is 17.6 Å². The van der Waals surface area contributed by atoms with Gasteiger partial charge in [0, 0.05) is 26.2 Å². The number of nitrogens with two attached hydrogens (primary N) is 1. The molecule has 120 valence electrons. The highest BCUT2D eigenvalue weighted by atomic mass is 16.2. The minimum absolute atomic E-state index is 0.175. The maximum absolute atomic E-state index is 12.7. The summed E-state index contributed by atoms with van der Waals surface area (Å²) in [5.41, 5.74) is 7.07. The lowest BCUT2D eigenvalue weighted by atomic mass is 9.96. The fourth-order valence-electron chi connectivity index (χ4n) is 3.73. The predicted octanol–water partition coefficient (Wildman–Crippen LogP) is 1.71. The molecule has 2 aliphatic rings. The highest BCUT2D eigenvalue weighted by Gasteiger charge is 2.32. The van der Waals surface area contributed by atoms with Crippen molar-refractivity contribution in [1.82, 2.24) is 9.80 Å². The summed E-state index contributed by atoms with van der Waals surface area (Å²) < 4.78 is 0. The number of likely N-dealkylation sites (tertiary alicyclic amines) is 2. The first-order chi connectivity index (χ1) is 10.8. The maximum atomic E-state index is 12.7. The Morgan fingerprint density at radius 2 is 1.95 bits per heavy atom. The van der Waals surface area contributed by atoms with Gasteiger partial charge in [-0.25, -0.2) is 0 Å². The SMILES string of the molecule is NCC1CCN(C(=O)C2CCCN(Cc3ccccc3)C2)C1. The summed E-state index contributed by atoms with van der Waals surface area (Å²) in [6, 6.07) is 10.5. The highest BCUT2D eigenvalue weighted by molar-refractivity contribution is 5.79. The number of carbonyl (C=O) groups excluding carboxylic acids is 1. The molecule has 0 spiro atoms. The quantitative estimate of drug-likeness (QED) is 0.921. The number of rotatable bonds is 4. The van der Waals surface area contributed by atoms with Crippen molar-refractivity contribution in [2.45, 2.75) is 25.8 Å². The molecule has 0 aliphatic carbocycles. The molecule has 0 radical (unpaired) electrons. The second-order valence-corrected chi connectivity index (χ2v) is 6.73. The van der Waals surface area contributed by atoms with E-state index < -0.39 is 0 Å². The van der Waals surface area contributed by atoms with Crippen LogP contribution < -0.4 is 5.73 Å². The zero-order chi connectivity index (χ0) is 15.4. The van der Waals surface area contributed by atoms with Crippen molar-refractivity contribution in [3.05, 3.63) is 35.9 Å². The Labute approximate surface area is 133 Å². The molecule has 2 unspecified atom stereocenters. The first kappa shape index (κ1) is 15.5. The van der Waals surface area contributed by atoms with Crippen LogP contribution in [0.5, 0.6) is 0 Å². The van der Waals surface area contributed by atoms with E-state index in [0.717, 1.165) is 52.0 Å². The van der Waals surface area contributed by atoms with E-state index in [1.54, 1.807) is 0 Å². The molecule has 4 nitrogen and oxygen atoms in total. The second kappa shape index (κ2) is 7.25. The molecule has 2 aliphatic heterocycles. The summed E-state index contributed by atoms with van der Waals surface area (Å²) in [7, 11) is 0. The molecule has 2 heterocycles. The van der Waals surface area contributed by atoms with Crippen molar-refractivity contribution < 1.29 is 4.79 Å². The molecule has 2 N–H and O–H groups in total. The fourth-order valence-corrected chi connectivity index (χ4v) is 3.73. The van der Waals surface area contributed by atoms with Crippen LogP contribution in [0.15, 0.2) is 30.3 Å². The van der Waals surface area contributed by atoms with Crippen molar-refractivity contribution in [3.63, 3.8) is 0 Å². The van der Waals surface area contributed by atoms with Gasteiger partial charge in [-0.2, -0.15) is 0 Å². The Kier molecular flexibility index (Phi) is 5.11. The number of carbonyl (C=O) groups is 1. The third kappa shape index (κ3) is 3.68. The molecule has 2 saturated heterocycles. The van der Waals surface area contributed by atoms with Crippen LogP contribution in [0.2, 0.25) is 0 Å². The average Bonchev–Trinajstić information content (AvgIpc) is 3.04. The number of hydrogen-bond donors (Lipinski definition) is 1. The number of piperidine rings is 1. The van der Waals surface area contributed by atoms with E-state index in [4.69, 9.17) is 5.73 Å². The molecule has 0 saturated carbocycles. The maximum Gasteiger partial charge on any atom is 0.226 e. The van der Waals surface area contributed by atoms with Gasteiger partial charge in [-0.3, -0.25) is 9.69 Å². The Morgan fingerprint density at radius 3 is 2.68 bits per heavy atom. The first-order valence-corrected chi connectivity index (χ1v) is 8.51. The normalized spacial score (nSPS) is 26.3. The minimum atomic E-state index is 0.175. The summed E-state index contributed by atoms with van der Waals surface area (Å²) in [6.45, 7) is 5.42. The van der Waals surface area contributed by atoms with Crippen LogP contribution in [-0.4, -0.2) is 48.4 Å². The zero-order valence-electron chi connectivity index (χ0n) is 13.3. The van der Waals surface area contributed by atoms with Crippen LogP contribution in [-0.2, 0) is 11.3 Å². The van der Waals surface area contributed by atoms with Crippen molar-refractivity contribution in [3.8, 4) is 0 Å². The molecule has 4 heteroatoms. The molecule has 0 bridgehead atoms. The van der Waals surface area contributed by atoms with E-state index >= 15 is 0 Å². The topological polar surface area (TPSA) is 49.6 Å². The third-order valence-corrected chi connectivity index (χ3v) is 5.03. The van der Waals surface area contributed by atoms with Crippen LogP contribution in [0.4, 0.5) is 0 Å². The number of hydrogen-bond acceptors (Lipinski definition) is 3. The van der Waals surface area contributed by atoms with Crippen LogP contribution in [0, 0.1) is 11.8 Å². The minimum Gasteiger partial charge on any atom is -0.342 e. The van der Waals surface area contributed by atoms with Gasteiger partial charge in [-0.1, -0.05) is 30.3 Å². The van der Waals surface area contributed by atoms with Crippen LogP contribution in [0.25, 0.3) is 0 Å². The monoisotopic (exact) mass is 301 g/mol. The molecule has 2 atom stereocenters. The van der Waals surface area contributed by atoms with Gasteiger partial charge in [0.25, 0.3) is 0 Å². The van der Waals surface area contributed by atoms with Crippen LogP contribution in [0.3, 0.4) is 0 Å². The molecule has 2 fully saturated rings. The molecule has 1 aromatic rings. The summed E-state index contributed by atoms with van der Waals surface area (Å²) in [4.78, 5) is 17.2. The van der Waals surface area contributed by atoms with Crippen LogP contribution in [0.1, 0.15) is 24.8 Å². The number of benzene rings is 1. The standard InChI is InChI=1S/C18H27N3O/c19-11-16-8-10-21(13-16)18(22)17-7-4-9-20(14-17)12-15-5-2-1-3-6-15/h1-3,5-6,16-17H,4,7-14,19H2. The van der Waals surface area contributed by atoms with E-state index in [9.17, 15) is 4.79 Å². The summed E-state index contributed by atoms with van der Waals surface area (Å²) >= 11 is 0. The van der Waals surface area contributed by atoms with Crippen molar-refractivity contribution in [2.75, 3.05) is 32.7 Å². The lowest BCUT2D eigenvalue weighted by Gasteiger charge is -2.34. The van der Waals surface area contributed by atoms with Gasteiger partial charge in [0.2, 0.25) is 5.91 Å². The first-order valence-electron chi connectivity index (χ1n) is 8.51. The van der Waals surface area contributed by atoms with Crippen LogP contribution >= 0.6 is 0 Å². The number of amides is 1. The van der Waals surface area contributed by atoms with Crippen molar-refractivity contribution >= 4 is 5.91 Å². The average molecular weight is 301 g/mol. The Hall–Kier alpha value is -1.39. The van der Waals surface area contributed by atoms with Gasteiger partial charge in [-0.05, 0) is 43.8 Å². The van der Waals surface area contributed by atoms with Gasteiger partial charge >= 0.3 is 0 Å². The molecular weight excluding hydrogens is 274 g/mol. The Morgan fingerprint density at radius 1 is 1.14 bits per heavy atom. The van der Waals surface area contributed by atoms with E-state index in [2.05, 4.69) is 29.2 Å². The summed E-state index contributed by atoms with van der Waals surface area (Å²) in [5, 5.41) is 0. The molecule has 1 amide bonds. The summed E-state index contributed by atoms with van der Waals surface area (Å²) in [6.07, 6.45) is 3.23. The van der Waals surface area contributed by atoms with E-state index in [-0.39, 0.29) is 5.92 Å². The van der Waals surface area contributed by atoms with Gasteiger partial charge in [0.05, 0.1) is 5.92 Å².